The first-order valence-corrected chi connectivity index (χ1v) is 5.78. The van der Waals surface area contributed by atoms with Gasteiger partial charge in [0.1, 0.15) is 5.94 Å². The Hall–Kier alpha value is -0.530. The van der Waals surface area contributed by atoms with Gasteiger partial charge in [0.25, 0.3) is 0 Å². The molecule has 0 saturated carbocycles. The molecule has 0 saturated heterocycles. The summed E-state index contributed by atoms with van der Waals surface area (Å²) in [6.45, 7) is 2.17. The Morgan fingerprint density at radius 1 is 1.29 bits per heavy atom. The van der Waals surface area contributed by atoms with E-state index in [4.69, 9.17) is 5.73 Å². The summed E-state index contributed by atoms with van der Waals surface area (Å²) in [5.41, 5.74) is 9.27. The predicted octanol–water partition coefficient (Wildman–Crippen LogP) is 1.43. The fourth-order valence-corrected chi connectivity index (χ4v) is 1.92. The molecule has 0 aliphatic rings. The van der Waals surface area contributed by atoms with E-state index in [1.807, 2.05) is 30.2 Å². The van der Waals surface area contributed by atoms with Gasteiger partial charge in [0.05, 0.1) is 0 Å². The van der Waals surface area contributed by atoms with Gasteiger partial charge in [-0.3, -0.25) is 0 Å². The van der Waals surface area contributed by atoms with Crippen LogP contribution in [0.4, 0.5) is 5.69 Å². The van der Waals surface area contributed by atoms with Crippen LogP contribution < -0.4 is 29.6 Å². The van der Waals surface area contributed by atoms with E-state index < -0.39 is 0 Å². The summed E-state index contributed by atoms with van der Waals surface area (Å²) in [4.78, 5) is 10.1. The third kappa shape index (κ3) is 6.09. The second kappa shape index (κ2) is 9.49. The zero-order chi connectivity index (χ0) is 11.8. The van der Waals surface area contributed by atoms with Crippen LogP contribution in [0.5, 0.6) is 0 Å². The average Bonchev–Trinajstić information content (AvgIpc) is 2.29. The minimum atomic E-state index is 0. The summed E-state index contributed by atoms with van der Waals surface area (Å²) < 4.78 is 0. The van der Waals surface area contributed by atoms with Crippen molar-refractivity contribution in [2.75, 3.05) is 0 Å². The number of allylic oxidation sites excluding steroid dienone is 1. The van der Waals surface area contributed by atoms with Crippen LogP contribution in [0, 0.1) is 0 Å². The molecule has 2 nitrogen and oxygen atoms in total. The second-order valence-corrected chi connectivity index (χ2v) is 4.01. The van der Waals surface area contributed by atoms with Gasteiger partial charge < -0.3 is 5.73 Å². The van der Waals surface area contributed by atoms with Crippen LogP contribution in [0.25, 0.3) is 5.73 Å². The summed E-state index contributed by atoms with van der Waals surface area (Å²) in [5.74, 6) is 2.32. The molecule has 0 radical (unpaired) electrons. The van der Waals surface area contributed by atoms with Gasteiger partial charge in [0.15, 0.2) is 0 Å². The number of hydrogen-bond acceptors (Lipinski definition) is 1. The molecule has 1 atom stereocenters. The zero-order valence-electron chi connectivity index (χ0n) is 10.7. The van der Waals surface area contributed by atoms with Crippen molar-refractivity contribution in [2.24, 2.45) is 0 Å². The maximum Gasteiger partial charge on any atom is 1.00 e. The fourth-order valence-electron chi connectivity index (χ4n) is 1.92. The van der Waals surface area contributed by atoms with E-state index >= 15 is 0 Å². The van der Waals surface area contributed by atoms with Gasteiger partial charge >= 0.3 is 29.6 Å². The monoisotopic (exact) mass is 239 g/mol. The minimum Gasteiger partial charge on any atom is -0.699 e. The smallest absolute Gasteiger partial charge is 0.699 e. The van der Waals surface area contributed by atoms with Crippen LogP contribution in [0.1, 0.15) is 44.1 Å². The van der Waals surface area contributed by atoms with E-state index in [1.54, 1.807) is 6.08 Å². The fraction of sp³-hybridized carbons (Fsp3) is 0.429. The number of hydrogen-bond donors (Lipinski definition) is 0. The molecule has 0 aliphatic heterocycles. The molecule has 3 heteroatoms. The van der Waals surface area contributed by atoms with Crippen molar-refractivity contribution in [2.45, 2.75) is 38.5 Å². The minimum absolute atomic E-state index is 0. The van der Waals surface area contributed by atoms with Crippen molar-refractivity contribution in [3.8, 4) is 0 Å². The molecule has 0 spiro atoms. The molecular weight excluding hydrogens is 221 g/mol. The van der Waals surface area contributed by atoms with Crippen molar-refractivity contribution >= 4 is 11.6 Å². The Labute approximate surface area is 126 Å². The van der Waals surface area contributed by atoms with Gasteiger partial charge in [-0.1, -0.05) is 37.6 Å². The number of nitrogens with one attached hydrogen (secondary N) is 1. The van der Waals surface area contributed by atoms with Crippen LogP contribution in [-0.4, -0.2) is 5.94 Å². The van der Waals surface area contributed by atoms with Gasteiger partial charge in [-0.25, -0.2) is 4.79 Å². The van der Waals surface area contributed by atoms with E-state index in [9.17, 15) is 4.79 Å². The SMILES string of the molecule is CCCC(CCC=C=O)c1ccc([NH-])cc1.[Na+]. The molecule has 1 rings (SSSR count). The van der Waals surface area contributed by atoms with Crippen LogP contribution in [0.2, 0.25) is 0 Å². The average molecular weight is 239 g/mol. The van der Waals surface area contributed by atoms with E-state index in [1.165, 1.54) is 5.56 Å². The Morgan fingerprint density at radius 2 is 1.94 bits per heavy atom. The van der Waals surface area contributed by atoms with Crippen LogP contribution in [0.3, 0.4) is 0 Å². The van der Waals surface area contributed by atoms with E-state index in [0.29, 0.717) is 11.6 Å². The molecule has 0 amide bonds. The first kappa shape index (κ1) is 16.5. The topological polar surface area (TPSA) is 40.9 Å². The second-order valence-electron chi connectivity index (χ2n) is 4.01. The van der Waals surface area contributed by atoms with Gasteiger partial charge in [-0.05, 0) is 36.8 Å². The molecular formula is C14H18NNaO. The van der Waals surface area contributed by atoms with E-state index in [0.717, 1.165) is 25.7 Å². The normalized spacial score (nSPS) is 11.1. The van der Waals surface area contributed by atoms with E-state index in [-0.39, 0.29) is 29.6 Å². The van der Waals surface area contributed by atoms with Crippen molar-refractivity contribution in [1.82, 2.24) is 0 Å². The molecule has 0 fully saturated rings. The van der Waals surface area contributed by atoms with Gasteiger partial charge in [-0.2, -0.15) is 0 Å². The van der Waals surface area contributed by atoms with E-state index in [2.05, 4.69) is 6.92 Å². The van der Waals surface area contributed by atoms with Crippen LogP contribution in [-0.2, 0) is 4.79 Å². The van der Waals surface area contributed by atoms with Gasteiger partial charge in [0.2, 0.25) is 0 Å². The largest absolute Gasteiger partial charge is 1.00 e. The molecule has 1 N–H and O–H groups in total. The summed E-state index contributed by atoms with van der Waals surface area (Å²) in [6.07, 6.45) is 5.60. The van der Waals surface area contributed by atoms with Crippen LogP contribution >= 0.6 is 0 Å². The summed E-state index contributed by atoms with van der Waals surface area (Å²) in [7, 11) is 0. The Bertz CT molecular complexity index is 355. The molecule has 1 unspecified atom stereocenters. The number of carbonyl (C=O) groups excluding carboxylic acids is 1. The van der Waals surface area contributed by atoms with Crippen molar-refractivity contribution < 1.29 is 34.4 Å². The molecule has 0 aliphatic carbocycles. The predicted molar refractivity (Wildman–Crippen MR) is 67.6 cm³/mol. The summed E-state index contributed by atoms with van der Waals surface area (Å²) in [6, 6.07) is 7.70. The first-order chi connectivity index (χ1) is 7.77. The number of benzene rings is 1. The molecule has 86 valence electrons. The molecule has 0 bridgehead atoms. The zero-order valence-corrected chi connectivity index (χ0v) is 12.7. The molecule has 0 aromatic heterocycles. The van der Waals surface area contributed by atoms with Crippen molar-refractivity contribution in [1.29, 1.82) is 0 Å². The van der Waals surface area contributed by atoms with Gasteiger partial charge in [-0.15, -0.1) is 5.69 Å². The molecule has 0 heterocycles. The Kier molecular flexibility index (Phi) is 9.20. The van der Waals surface area contributed by atoms with Gasteiger partial charge in [0, 0.05) is 0 Å². The Morgan fingerprint density at radius 3 is 2.47 bits per heavy atom. The van der Waals surface area contributed by atoms with Crippen LogP contribution in [0.15, 0.2) is 30.3 Å². The summed E-state index contributed by atoms with van der Waals surface area (Å²) >= 11 is 0. The molecule has 17 heavy (non-hydrogen) atoms. The maximum absolute atomic E-state index is 10.1. The standard InChI is InChI=1S/C14H18NO.Na/c1-2-5-12(6-3-4-11-16)13-7-9-14(15)10-8-13;/h4,7-10,12,15H,2-3,5-6H2,1H3;/q-1;+1. The third-order valence-electron chi connectivity index (χ3n) is 2.76. The summed E-state index contributed by atoms with van der Waals surface area (Å²) in [5, 5.41) is 0. The Balaban J connectivity index is 0.00000256. The van der Waals surface area contributed by atoms with Crippen molar-refractivity contribution in [3.05, 3.63) is 41.6 Å². The first-order valence-electron chi connectivity index (χ1n) is 5.78. The molecule has 1 aromatic carbocycles. The quantitative estimate of drug-likeness (QED) is 0.547. The van der Waals surface area contributed by atoms with Crippen molar-refractivity contribution in [3.63, 3.8) is 0 Å². The third-order valence-corrected chi connectivity index (χ3v) is 2.76. The maximum atomic E-state index is 10.1. The molecule has 1 aromatic rings. The number of rotatable bonds is 6.